The Hall–Kier alpha value is -2.21. The molecule has 0 unspecified atom stereocenters. The number of methoxy groups -OCH3 is 3. The molecule has 0 bridgehead atoms. The first-order valence-corrected chi connectivity index (χ1v) is 7.67. The molecular formula is C17H18BrNO4. The maximum absolute atomic E-state index is 12.6. The average molecular weight is 380 g/mol. The van der Waals surface area contributed by atoms with Crippen molar-refractivity contribution in [3.63, 3.8) is 0 Å². The van der Waals surface area contributed by atoms with Gasteiger partial charge in [-0.15, -0.1) is 0 Å². The van der Waals surface area contributed by atoms with E-state index in [2.05, 4.69) is 21.2 Å². The van der Waals surface area contributed by atoms with E-state index in [1.807, 2.05) is 31.2 Å². The van der Waals surface area contributed by atoms with Crippen molar-refractivity contribution in [2.24, 2.45) is 0 Å². The summed E-state index contributed by atoms with van der Waals surface area (Å²) >= 11 is 3.40. The summed E-state index contributed by atoms with van der Waals surface area (Å²) in [5.41, 5.74) is 2.22. The van der Waals surface area contributed by atoms with Gasteiger partial charge in [-0.1, -0.05) is 17.7 Å². The van der Waals surface area contributed by atoms with Gasteiger partial charge in [-0.2, -0.15) is 0 Å². The lowest BCUT2D eigenvalue weighted by atomic mass is 10.1. The molecule has 5 nitrogen and oxygen atoms in total. The van der Waals surface area contributed by atoms with Crippen LogP contribution in [0.3, 0.4) is 0 Å². The van der Waals surface area contributed by atoms with Crippen molar-refractivity contribution in [3.8, 4) is 17.2 Å². The summed E-state index contributed by atoms with van der Waals surface area (Å²) < 4.78 is 16.4. The van der Waals surface area contributed by atoms with Gasteiger partial charge >= 0.3 is 0 Å². The highest BCUT2D eigenvalue weighted by Gasteiger charge is 2.22. The Balaban J connectivity index is 2.41. The lowest BCUT2D eigenvalue weighted by molar-refractivity contribution is 0.102. The molecule has 0 fully saturated rings. The lowest BCUT2D eigenvalue weighted by Gasteiger charge is -2.16. The lowest BCUT2D eigenvalue weighted by Crippen LogP contribution is -2.13. The zero-order valence-corrected chi connectivity index (χ0v) is 15.0. The minimum atomic E-state index is -0.278. The van der Waals surface area contributed by atoms with Crippen LogP contribution in [0.25, 0.3) is 0 Å². The number of hydrogen-bond acceptors (Lipinski definition) is 4. The maximum atomic E-state index is 12.6. The average Bonchev–Trinajstić information content (AvgIpc) is 2.56. The highest BCUT2D eigenvalue weighted by molar-refractivity contribution is 9.10. The fourth-order valence-corrected chi connectivity index (χ4v) is 2.76. The van der Waals surface area contributed by atoms with Crippen molar-refractivity contribution in [3.05, 3.63) is 45.9 Å². The van der Waals surface area contributed by atoms with Crippen molar-refractivity contribution in [2.45, 2.75) is 6.92 Å². The Bertz CT molecular complexity index is 714. The summed E-state index contributed by atoms with van der Waals surface area (Å²) in [6.45, 7) is 1.99. The molecule has 23 heavy (non-hydrogen) atoms. The molecule has 0 spiro atoms. The molecule has 0 aromatic heterocycles. The summed E-state index contributed by atoms with van der Waals surface area (Å²) in [6, 6.07) is 9.16. The van der Waals surface area contributed by atoms with E-state index in [4.69, 9.17) is 14.2 Å². The molecule has 2 aromatic carbocycles. The van der Waals surface area contributed by atoms with Crippen LogP contribution in [0.2, 0.25) is 0 Å². The molecule has 2 rings (SSSR count). The van der Waals surface area contributed by atoms with E-state index in [1.165, 1.54) is 21.3 Å². The molecule has 0 saturated heterocycles. The summed E-state index contributed by atoms with van der Waals surface area (Å²) in [7, 11) is 4.52. The van der Waals surface area contributed by atoms with Crippen LogP contribution in [0.15, 0.2) is 34.8 Å². The van der Waals surface area contributed by atoms with E-state index < -0.39 is 0 Å². The third-order valence-corrected chi connectivity index (χ3v) is 4.11. The SMILES string of the molecule is COc1cc(C(=O)Nc2ccc(C)cc2)c(Br)c(OC)c1OC. The van der Waals surface area contributed by atoms with Crippen molar-refractivity contribution in [1.82, 2.24) is 0 Å². The molecule has 122 valence electrons. The minimum Gasteiger partial charge on any atom is -0.493 e. The van der Waals surface area contributed by atoms with Crippen molar-refractivity contribution >= 4 is 27.5 Å². The normalized spacial score (nSPS) is 10.1. The summed E-state index contributed by atoms with van der Waals surface area (Å²) in [6.07, 6.45) is 0. The van der Waals surface area contributed by atoms with Crippen LogP contribution in [0.4, 0.5) is 5.69 Å². The second kappa shape index (κ2) is 7.37. The Morgan fingerprint density at radius 1 is 1.00 bits per heavy atom. The quantitative estimate of drug-likeness (QED) is 0.851. The van der Waals surface area contributed by atoms with Crippen LogP contribution in [0.5, 0.6) is 17.2 Å². The fraction of sp³-hybridized carbons (Fsp3) is 0.235. The summed E-state index contributed by atoms with van der Waals surface area (Å²) in [4.78, 5) is 12.6. The van der Waals surface area contributed by atoms with Gasteiger partial charge in [0.05, 0.1) is 31.4 Å². The van der Waals surface area contributed by atoms with Crippen LogP contribution in [-0.2, 0) is 0 Å². The number of ether oxygens (including phenoxy) is 3. The highest BCUT2D eigenvalue weighted by atomic mass is 79.9. The van der Waals surface area contributed by atoms with Gasteiger partial charge in [-0.05, 0) is 41.1 Å². The predicted octanol–water partition coefficient (Wildman–Crippen LogP) is 4.04. The van der Waals surface area contributed by atoms with Gasteiger partial charge in [0.1, 0.15) is 0 Å². The maximum Gasteiger partial charge on any atom is 0.257 e. The van der Waals surface area contributed by atoms with Gasteiger partial charge in [-0.25, -0.2) is 0 Å². The molecule has 0 aliphatic heterocycles. The fourth-order valence-electron chi connectivity index (χ4n) is 2.12. The zero-order valence-electron chi connectivity index (χ0n) is 13.4. The zero-order chi connectivity index (χ0) is 17.0. The Morgan fingerprint density at radius 3 is 2.13 bits per heavy atom. The number of carbonyl (C=O) groups is 1. The largest absolute Gasteiger partial charge is 0.493 e. The first kappa shape index (κ1) is 17.1. The number of carbonyl (C=O) groups excluding carboxylic acids is 1. The third kappa shape index (κ3) is 3.59. The van der Waals surface area contributed by atoms with Crippen LogP contribution in [-0.4, -0.2) is 27.2 Å². The Kier molecular flexibility index (Phi) is 5.50. The molecule has 0 aliphatic carbocycles. The molecule has 0 saturated carbocycles. The van der Waals surface area contributed by atoms with Gasteiger partial charge in [-0.3, -0.25) is 4.79 Å². The molecule has 0 heterocycles. The Morgan fingerprint density at radius 2 is 1.61 bits per heavy atom. The third-order valence-electron chi connectivity index (χ3n) is 3.32. The van der Waals surface area contributed by atoms with E-state index in [0.717, 1.165) is 5.56 Å². The molecule has 0 radical (unpaired) electrons. The number of halogens is 1. The van der Waals surface area contributed by atoms with Crippen molar-refractivity contribution < 1.29 is 19.0 Å². The van der Waals surface area contributed by atoms with Gasteiger partial charge in [0.25, 0.3) is 5.91 Å². The van der Waals surface area contributed by atoms with Crippen LogP contribution < -0.4 is 19.5 Å². The molecule has 0 atom stereocenters. The van der Waals surface area contributed by atoms with Gasteiger partial charge in [0, 0.05) is 5.69 Å². The second-order valence-corrected chi connectivity index (χ2v) is 5.62. The smallest absolute Gasteiger partial charge is 0.257 e. The number of benzene rings is 2. The molecule has 2 aromatic rings. The van der Waals surface area contributed by atoms with Gasteiger partial charge in [0.2, 0.25) is 5.75 Å². The topological polar surface area (TPSA) is 56.8 Å². The number of anilines is 1. The van der Waals surface area contributed by atoms with E-state index in [-0.39, 0.29) is 5.91 Å². The van der Waals surface area contributed by atoms with Crippen molar-refractivity contribution in [2.75, 3.05) is 26.6 Å². The van der Waals surface area contributed by atoms with Crippen LogP contribution in [0, 0.1) is 6.92 Å². The number of rotatable bonds is 5. The number of amides is 1. The number of hydrogen-bond donors (Lipinski definition) is 1. The number of nitrogens with one attached hydrogen (secondary N) is 1. The molecular weight excluding hydrogens is 362 g/mol. The van der Waals surface area contributed by atoms with Crippen LogP contribution in [0.1, 0.15) is 15.9 Å². The van der Waals surface area contributed by atoms with Crippen LogP contribution >= 0.6 is 15.9 Å². The van der Waals surface area contributed by atoms with E-state index in [1.54, 1.807) is 6.07 Å². The summed E-state index contributed by atoms with van der Waals surface area (Å²) in [5.74, 6) is 0.969. The molecule has 1 amide bonds. The second-order valence-electron chi connectivity index (χ2n) is 4.83. The molecule has 6 heteroatoms. The van der Waals surface area contributed by atoms with E-state index in [0.29, 0.717) is 33.0 Å². The Labute approximate surface area is 143 Å². The molecule has 1 N–H and O–H groups in total. The number of aryl methyl sites for hydroxylation is 1. The molecule has 0 aliphatic rings. The van der Waals surface area contributed by atoms with Gasteiger partial charge < -0.3 is 19.5 Å². The predicted molar refractivity (Wildman–Crippen MR) is 92.9 cm³/mol. The van der Waals surface area contributed by atoms with E-state index >= 15 is 0 Å². The van der Waals surface area contributed by atoms with Crippen molar-refractivity contribution in [1.29, 1.82) is 0 Å². The monoisotopic (exact) mass is 379 g/mol. The minimum absolute atomic E-state index is 0.278. The first-order valence-electron chi connectivity index (χ1n) is 6.88. The van der Waals surface area contributed by atoms with E-state index in [9.17, 15) is 4.79 Å². The highest BCUT2D eigenvalue weighted by Crippen LogP contribution is 2.44. The summed E-state index contributed by atoms with van der Waals surface area (Å²) in [5, 5.41) is 2.85. The first-order chi connectivity index (χ1) is 11.0. The standard InChI is InChI=1S/C17H18BrNO4/c1-10-5-7-11(8-6-10)19-17(20)12-9-13(21-2)15(22-3)16(23-4)14(12)18/h5-9H,1-4H3,(H,19,20). The van der Waals surface area contributed by atoms with Gasteiger partial charge in [0.15, 0.2) is 11.5 Å².